The number of rotatable bonds is 5. The maximum atomic E-state index is 12.2. The molecule has 18 heavy (non-hydrogen) atoms. The molecule has 5 heteroatoms. The lowest BCUT2D eigenvalue weighted by Crippen LogP contribution is -2.41. The lowest BCUT2D eigenvalue weighted by molar-refractivity contribution is -0.138. The van der Waals surface area contributed by atoms with Gasteiger partial charge in [-0.1, -0.05) is 24.6 Å². The van der Waals surface area contributed by atoms with Crippen molar-refractivity contribution in [1.29, 1.82) is 0 Å². The van der Waals surface area contributed by atoms with Crippen LogP contribution in [-0.4, -0.2) is 34.5 Å². The predicted octanol–water partition coefficient (Wildman–Crippen LogP) is 2.67. The Kier molecular flexibility index (Phi) is 5.16. The van der Waals surface area contributed by atoms with E-state index in [0.29, 0.717) is 17.0 Å². The van der Waals surface area contributed by atoms with Gasteiger partial charge in [-0.2, -0.15) is 0 Å². The molecule has 0 aliphatic heterocycles. The predicted molar refractivity (Wildman–Crippen MR) is 69.9 cm³/mol. The van der Waals surface area contributed by atoms with E-state index in [9.17, 15) is 9.59 Å². The third-order valence-corrected chi connectivity index (χ3v) is 3.00. The average molecular weight is 270 g/mol. The molecule has 0 bridgehead atoms. The molecule has 1 amide bonds. The molecule has 0 aliphatic rings. The SMILES string of the molecule is CCC(C)N(CC(=O)O)C(=O)c1cccc(Cl)c1. The number of carboxylic acids is 1. The molecule has 1 aromatic carbocycles. The van der Waals surface area contributed by atoms with Gasteiger partial charge in [0.2, 0.25) is 0 Å². The molecule has 0 spiro atoms. The topological polar surface area (TPSA) is 57.6 Å². The van der Waals surface area contributed by atoms with Crippen LogP contribution in [0.15, 0.2) is 24.3 Å². The fraction of sp³-hybridized carbons (Fsp3) is 0.385. The first-order valence-corrected chi connectivity index (χ1v) is 6.11. The lowest BCUT2D eigenvalue weighted by atomic mass is 10.1. The summed E-state index contributed by atoms with van der Waals surface area (Å²) >= 11 is 5.83. The molecule has 0 heterocycles. The monoisotopic (exact) mass is 269 g/mol. The van der Waals surface area contributed by atoms with Crippen molar-refractivity contribution in [3.63, 3.8) is 0 Å². The van der Waals surface area contributed by atoms with Gasteiger partial charge in [0.05, 0.1) is 0 Å². The van der Waals surface area contributed by atoms with Crippen LogP contribution in [0.25, 0.3) is 0 Å². The van der Waals surface area contributed by atoms with Crippen molar-refractivity contribution in [2.75, 3.05) is 6.54 Å². The van der Waals surface area contributed by atoms with E-state index >= 15 is 0 Å². The van der Waals surface area contributed by atoms with Crippen LogP contribution in [0.5, 0.6) is 0 Å². The zero-order valence-corrected chi connectivity index (χ0v) is 11.1. The third-order valence-electron chi connectivity index (χ3n) is 2.76. The number of nitrogens with zero attached hydrogens (tertiary/aromatic N) is 1. The smallest absolute Gasteiger partial charge is 0.323 e. The number of carbonyl (C=O) groups is 2. The molecule has 1 atom stereocenters. The van der Waals surface area contributed by atoms with Crippen molar-refractivity contribution in [2.45, 2.75) is 26.3 Å². The fourth-order valence-corrected chi connectivity index (χ4v) is 1.77. The second-order valence-corrected chi connectivity index (χ2v) is 4.53. The second kappa shape index (κ2) is 6.40. The van der Waals surface area contributed by atoms with E-state index in [-0.39, 0.29) is 18.5 Å². The minimum Gasteiger partial charge on any atom is -0.480 e. The molecule has 0 saturated carbocycles. The molecule has 0 aromatic heterocycles. The molecule has 1 rings (SSSR count). The summed E-state index contributed by atoms with van der Waals surface area (Å²) in [6.07, 6.45) is 0.694. The average Bonchev–Trinajstić information content (AvgIpc) is 2.34. The number of carboxylic acid groups (broad SMARTS) is 1. The Morgan fingerprint density at radius 2 is 2.11 bits per heavy atom. The highest BCUT2D eigenvalue weighted by Crippen LogP contribution is 2.15. The summed E-state index contributed by atoms with van der Waals surface area (Å²) < 4.78 is 0. The lowest BCUT2D eigenvalue weighted by Gasteiger charge is -2.27. The summed E-state index contributed by atoms with van der Waals surface area (Å²) in [7, 11) is 0. The van der Waals surface area contributed by atoms with Gasteiger partial charge in [0.1, 0.15) is 6.54 Å². The van der Waals surface area contributed by atoms with Crippen LogP contribution in [0.4, 0.5) is 0 Å². The number of benzene rings is 1. The van der Waals surface area contributed by atoms with E-state index in [4.69, 9.17) is 16.7 Å². The maximum Gasteiger partial charge on any atom is 0.323 e. The van der Waals surface area contributed by atoms with Crippen LogP contribution < -0.4 is 0 Å². The van der Waals surface area contributed by atoms with E-state index in [0.717, 1.165) is 0 Å². The van der Waals surface area contributed by atoms with Crippen LogP contribution in [-0.2, 0) is 4.79 Å². The summed E-state index contributed by atoms with van der Waals surface area (Å²) in [5, 5.41) is 9.32. The molecule has 1 aromatic rings. The third kappa shape index (κ3) is 3.74. The number of halogens is 1. The van der Waals surface area contributed by atoms with Crippen LogP contribution in [0, 0.1) is 0 Å². The molecule has 0 radical (unpaired) electrons. The number of carbonyl (C=O) groups excluding carboxylic acids is 1. The van der Waals surface area contributed by atoms with Crippen molar-refractivity contribution in [2.24, 2.45) is 0 Å². The minimum atomic E-state index is -1.02. The molecule has 1 unspecified atom stereocenters. The number of hydrogen-bond donors (Lipinski definition) is 1. The fourth-order valence-electron chi connectivity index (χ4n) is 1.58. The number of hydrogen-bond acceptors (Lipinski definition) is 2. The number of aliphatic carboxylic acids is 1. The highest BCUT2D eigenvalue weighted by molar-refractivity contribution is 6.30. The second-order valence-electron chi connectivity index (χ2n) is 4.09. The van der Waals surface area contributed by atoms with Crippen molar-refractivity contribution in [3.8, 4) is 0 Å². The normalized spacial score (nSPS) is 11.9. The Labute approximate surface area is 111 Å². The highest BCUT2D eigenvalue weighted by Gasteiger charge is 2.22. The summed E-state index contributed by atoms with van der Waals surface area (Å²) in [4.78, 5) is 24.4. The van der Waals surface area contributed by atoms with Crippen LogP contribution >= 0.6 is 11.6 Å². The Morgan fingerprint density at radius 1 is 1.44 bits per heavy atom. The summed E-state index contributed by atoms with van der Waals surface area (Å²) in [5.41, 5.74) is 0.407. The number of amides is 1. The molecule has 0 aliphatic carbocycles. The van der Waals surface area contributed by atoms with E-state index in [1.54, 1.807) is 24.3 Å². The van der Waals surface area contributed by atoms with Gasteiger partial charge in [-0.15, -0.1) is 0 Å². The van der Waals surface area contributed by atoms with Crippen molar-refractivity contribution >= 4 is 23.5 Å². The van der Waals surface area contributed by atoms with Crippen LogP contribution in [0.1, 0.15) is 30.6 Å². The molecule has 0 fully saturated rings. The van der Waals surface area contributed by atoms with Crippen LogP contribution in [0.2, 0.25) is 5.02 Å². The van der Waals surface area contributed by atoms with Gasteiger partial charge in [-0.25, -0.2) is 0 Å². The molecule has 4 nitrogen and oxygen atoms in total. The molecular weight excluding hydrogens is 254 g/mol. The van der Waals surface area contributed by atoms with Crippen molar-refractivity contribution < 1.29 is 14.7 Å². The van der Waals surface area contributed by atoms with Gasteiger partial charge < -0.3 is 10.0 Å². The summed E-state index contributed by atoms with van der Waals surface area (Å²) in [6, 6.07) is 6.38. The van der Waals surface area contributed by atoms with Crippen molar-refractivity contribution in [3.05, 3.63) is 34.9 Å². The van der Waals surface area contributed by atoms with Gasteiger partial charge in [0, 0.05) is 16.6 Å². The highest BCUT2D eigenvalue weighted by atomic mass is 35.5. The van der Waals surface area contributed by atoms with E-state index in [2.05, 4.69) is 0 Å². The molecular formula is C13H16ClNO3. The van der Waals surface area contributed by atoms with Gasteiger partial charge in [0.25, 0.3) is 5.91 Å². The zero-order chi connectivity index (χ0) is 13.7. The van der Waals surface area contributed by atoms with Gasteiger partial charge in [-0.05, 0) is 31.5 Å². The Balaban J connectivity index is 2.98. The minimum absolute atomic E-state index is 0.132. The molecule has 98 valence electrons. The standard InChI is InChI=1S/C13H16ClNO3/c1-3-9(2)15(8-12(16)17)13(18)10-5-4-6-11(14)7-10/h4-7,9H,3,8H2,1-2H3,(H,16,17). The zero-order valence-electron chi connectivity index (χ0n) is 10.4. The van der Waals surface area contributed by atoms with E-state index in [1.807, 2.05) is 13.8 Å². The first kappa shape index (κ1) is 14.5. The van der Waals surface area contributed by atoms with Gasteiger partial charge in [0.15, 0.2) is 0 Å². The van der Waals surface area contributed by atoms with Gasteiger partial charge >= 0.3 is 5.97 Å². The maximum absolute atomic E-state index is 12.2. The molecule has 1 N–H and O–H groups in total. The Morgan fingerprint density at radius 3 is 2.61 bits per heavy atom. The van der Waals surface area contributed by atoms with Crippen molar-refractivity contribution in [1.82, 2.24) is 4.90 Å². The first-order valence-electron chi connectivity index (χ1n) is 5.74. The largest absolute Gasteiger partial charge is 0.480 e. The quantitative estimate of drug-likeness (QED) is 0.894. The molecule has 0 saturated heterocycles. The summed E-state index contributed by atoms with van der Waals surface area (Å²) in [5.74, 6) is -1.33. The van der Waals surface area contributed by atoms with E-state index < -0.39 is 5.97 Å². The van der Waals surface area contributed by atoms with Gasteiger partial charge in [-0.3, -0.25) is 9.59 Å². The van der Waals surface area contributed by atoms with E-state index in [1.165, 1.54) is 4.90 Å². The Bertz CT molecular complexity index is 448. The first-order chi connectivity index (χ1) is 8.45. The van der Waals surface area contributed by atoms with Crippen LogP contribution in [0.3, 0.4) is 0 Å². The summed E-state index contributed by atoms with van der Waals surface area (Å²) in [6.45, 7) is 3.43. The Hall–Kier alpha value is -1.55.